The maximum absolute atomic E-state index is 13.0. The van der Waals surface area contributed by atoms with Crippen LogP contribution in [0.5, 0.6) is 0 Å². The minimum atomic E-state index is -4.44. The lowest BCUT2D eigenvalue weighted by Crippen LogP contribution is -2.05. The fourth-order valence-electron chi connectivity index (χ4n) is 2.27. The summed E-state index contributed by atoms with van der Waals surface area (Å²) < 4.78 is 38.9. The van der Waals surface area contributed by atoms with E-state index in [9.17, 15) is 18.0 Å². The number of aromatic nitrogens is 2. The number of rotatable bonds is 3. The summed E-state index contributed by atoms with van der Waals surface area (Å²) in [6, 6.07) is 11.6. The first-order valence-corrected chi connectivity index (χ1v) is 7.05. The van der Waals surface area contributed by atoms with Crippen molar-refractivity contribution in [2.45, 2.75) is 6.18 Å². The number of nitrogens with zero attached hydrogens (tertiary/aromatic N) is 2. The Balaban J connectivity index is 1.92. The molecule has 0 bridgehead atoms. The Morgan fingerprint density at radius 2 is 1.83 bits per heavy atom. The molecule has 0 aliphatic rings. The molecule has 2 aromatic heterocycles. The summed E-state index contributed by atoms with van der Waals surface area (Å²) in [5, 5.41) is 0.0261. The van der Waals surface area contributed by atoms with Gasteiger partial charge in [-0.2, -0.15) is 13.2 Å². The summed E-state index contributed by atoms with van der Waals surface area (Å²) in [6.45, 7) is 0. The third-order valence-electron chi connectivity index (χ3n) is 3.38. The minimum Gasteiger partial charge on any atom is -0.288 e. The van der Waals surface area contributed by atoms with E-state index in [0.717, 1.165) is 6.07 Å². The molecule has 3 nitrogen and oxygen atoms in total. The van der Waals surface area contributed by atoms with Crippen LogP contribution in [0.25, 0.3) is 17.0 Å². The molecule has 0 N–H and O–H groups in total. The van der Waals surface area contributed by atoms with E-state index in [1.54, 1.807) is 18.2 Å². The van der Waals surface area contributed by atoms with Crippen molar-refractivity contribution in [3.05, 3.63) is 77.8 Å². The predicted octanol–water partition coefficient (Wildman–Crippen LogP) is 4.54. The standard InChI is InChI=1S/C18H11F3N2O/c19-18(20,21)14-4-3-6-15-13(14)9-7-12(23-15)8-10-17(24)16-5-1-2-11-22-16/h1-11H/b10-8+. The van der Waals surface area contributed by atoms with Gasteiger partial charge in [-0.1, -0.05) is 18.2 Å². The normalized spacial score (nSPS) is 12.0. The first kappa shape index (κ1) is 15.9. The number of alkyl halides is 3. The van der Waals surface area contributed by atoms with Gasteiger partial charge in [0.05, 0.1) is 16.8 Å². The number of allylic oxidation sites excluding steroid dienone is 1. The Bertz CT molecular complexity index is 918. The largest absolute Gasteiger partial charge is 0.417 e. The molecule has 0 amide bonds. The third-order valence-corrected chi connectivity index (χ3v) is 3.38. The van der Waals surface area contributed by atoms with Gasteiger partial charge < -0.3 is 0 Å². The van der Waals surface area contributed by atoms with Crippen LogP contribution >= 0.6 is 0 Å². The summed E-state index contributed by atoms with van der Waals surface area (Å²) in [5.41, 5.74) is 0.171. The summed E-state index contributed by atoms with van der Waals surface area (Å²) in [4.78, 5) is 20.0. The molecule has 3 aromatic rings. The van der Waals surface area contributed by atoms with Crippen molar-refractivity contribution in [1.29, 1.82) is 0 Å². The zero-order valence-electron chi connectivity index (χ0n) is 12.3. The van der Waals surface area contributed by atoms with Gasteiger partial charge in [0.2, 0.25) is 5.78 Å². The first-order valence-electron chi connectivity index (χ1n) is 7.05. The Kier molecular flexibility index (Phi) is 4.12. The molecule has 1 aromatic carbocycles. The van der Waals surface area contributed by atoms with Gasteiger partial charge in [0, 0.05) is 11.6 Å². The zero-order chi connectivity index (χ0) is 17.2. The predicted molar refractivity (Wildman–Crippen MR) is 84.3 cm³/mol. The van der Waals surface area contributed by atoms with Crippen molar-refractivity contribution >= 4 is 22.8 Å². The average Bonchev–Trinajstić information content (AvgIpc) is 2.58. The van der Waals surface area contributed by atoms with Crippen LogP contribution in [-0.4, -0.2) is 15.8 Å². The topological polar surface area (TPSA) is 42.9 Å². The lowest BCUT2D eigenvalue weighted by Gasteiger charge is -2.09. The smallest absolute Gasteiger partial charge is 0.288 e. The molecule has 6 heteroatoms. The van der Waals surface area contributed by atoms with E-state index in [2.05, 4.69) is 9.97 Å². The summed E-state index contributed by atoms with van der Waals surface area (Å²) in [5.74, 6) is -0.304. The van der Waals surface area contributed by atoms with Crippen LogP contribution in [0.4, 0.5) is 13.2 Å². The van der Waals surface area contributed by atoms with Gasteiger partial charge in [-0.15, -0.1) is 0 Å². The lowest BCUT2D eigenvalue weighted by atomic mass is 10.1. The monoisotopic (exact) mass is 328 g/mol. The van der Waals surface area contributed by atoms with Crippen molar-refractivity contribution in [3.63, 3.8) is 0 Å². The second-order valence-electron chi connectivity index (χ2n) is 5.02. The molecule has 0 spiro atoms. The van der Waals surface area contributed by atoms with E-state index in [4.69, 9.17) is 0 Å². The maximum Gasteiger partial charge on any atom is 0.417 e. The number of carbonyl (C=O) groups excluding carboxylic acids is 1. The highest BCUT2D eigenvalue weighted by Gasteiger charge is 2.32. The first-order chi connectivity index (χ1) is 11.4. The van der Waals surface area contributed by atoms with Crippen LogP contribution < -0.4 is 0 Å². The van der Waals surface area contributed by atoms with E-state index in [1.807, 2.05) is 0 Å². The quantitative estimate of drug-likeness (QED) is 0.523. The second kappa shape index (κ2) is 6.23. The molecular weight excluding hydrogens is 317 g/mol. The van der Waals surface area contributed by atoms with Crippen LogP contribution in [0.3, 0.4) is 0 Å². The van der Waals surface area contributed by atoms with Crippen LogP contribution in [0.2, 0.25) is 0 Å². The molecule has 0 fully saturated rings. The molecule has 0 atom stereocenters. The molecule has 0 radical (unpaired) electrons. The van der Waals surface area contributed by atoms with Gasteiger partial charge in [-0.3, -0.25) is 9.78 Å². The van der Waals surface area contributed by atoms with Crippen molar-refractivity contribution < 1.29 is 18.0 Å². The molecule has 0 aliphatic heterocycles. The molecule has 0 saturated heterocycles. The van der Waals surface area contributed by atoms with E-state index in [1.165, 1.54) is 42.6 Å². The van der Waals surface area contributed by atoms with Crippen molar-refractivity contribution in [3.8, 4) is 0 Å². The van der Waals surface area contributed by atoms with Gasteiger partial charge in [0.25, 0.3) is 0 Å². The van der Waals surface area contributed by atoms with Crippen molar-refractivity contribution in [2.75, 3.05) is 0 Å². The van der Waals surface area contributed by atoms with Gasteiger partial charge in [-0.25, -0.2) is 4.98 Å². The molecular formula is C18H11F3N2O. The fourth-order valence-corrected chi connectivity index (χ4v) is 2.27. The van der Waals surface area contributed by atoms with Crippen LogP contribution in [0.15, 0.2) is 60.8 Å². The number of ketones is 1. The van der Waals surface area contributed by atoms with E-state index in [0.29, 0.717) is 5.69 Å². The van der Waals surface area contributed by atoms with E-state index >= 15 is 0 Å². The highest BCUT2D eigenvalue weighted by molar-refractivity contribution is 6.05. The zero-order valence-corrected chi connectivity index (χ0v) is 12.3. The molecule has 0 unspecified atom stereocenters. The third kappa shape index (κ3) is 3.32. The van der Waals surface area contributed by atoms with E-state index in [-0.39, 0.29) is 22.4 Å². The van der Waals surface area contributed by atoms with Gasteiger partial charge >= 0.3 is 6.18 Å². The Morgan fingerprint density at radius 3 is 2.54 bits per heavy atom. The van der Waals surface area contributed by atoms with E-state index < -0.39 is 11.7 Å². The molecule has 0 saturated carbocycles. The molecule has 0 aliphatic carbocycles. The lowest BCUT2D eigenvalue weighted by molar-refractivity contribution is -0.136. The molecule has 120 valence electrons. The van der Waals surface area contributed by atoms with Gasteiger partial charge in [-0.05, 0) is 42.5 Å². The highest BCUT2D eigenvalue weighted by atomic mass is 19.4. The molecule has 3 rings (SSSR count). The number of fused-ring (bicyclic) bond motifs is 1. The summed E-state index contributed by atoms with van der Waals surface area (Å²) in [6.07, 6.45) is -0.178. The summed E-state index contributed by atoms with van der Waals surface area (Å²) in [7, 11) is 0. The van der Waals surface area contributed by atoms with Crippen LogP contribution in [0.1, 0.15) is 21.7 Å². The highest BCUT2D eigenvalue weighted by Crippen LogP contribution is 2.34. The Labute approximate surface area is 135 Å². The summed E-state index contributed by atoms with van der Waals surface area (Å²) >= 11 is 0. The number of halogens is 3. The van der Waals surface area contributed by atoms with Crippen LogP contribution in [0, 0.1) is 0 Å². The van der Waals surface area contributed by atoms with Crippen molar-refractivity contribution in [1.82, 2.24) is 9.97 Å². The minimum absolute atomic E-state index is 0.0261. The number of carbonyl (C=O) groups is 1. The van der Waals surface area contributed by atoms with Gasteiger partial charge in [0.15, 0.2) is 0 Å². The number of benzene rings is 1. The molecule has 24 heavy (non-hydrogen) atoms. The van der Waals surface area contributed by atoms with Gasteiger partial charge in [0.1, 0.15) is 5.69 Å². The Morgan fingerprint density at radius 1 is 1.00 bits per heavy atom. The molecule has 2 heterocycles. The number of hydrogen-bond donors (Lipinski definition) is 0. The second-order valence-corrected chi connectivity index (χ2v) is 5.02. The Hall–Kier alpha value is -3.02. The number of pyridine rings is 2. The average molecular weight is 328 g/mol. The van der Waals surface area contributed by atoms with Crippen LogP contribution in [-0.2, 0) is 6.18 Å². The maximum atomic E-state index is 13.0. The fraction of sp³-hybridized carbons (Fsp3) is 0.0556. The van der Waals surface area contributed by atoms with Crippen molar-refractivity contribution in [2.24, 2.45) is 0 Å². The SMILES string of the molecule is O=C(/C=C/c1ccc2c(C(F)(F)F)cccc2n1)c1ccccn1. The number of hydrogen-bond acceptors (Lipinski definition) is 3.